The van der Waals surface area contributed by atoms with Gasteiger partial charge >= 0.3 is 0 Å². The van der Waals surface area contributed by atoms with Crippen LogP contribution in [-0.2, 0) is 0 Å². The summed E-state index contributed by atoms with van der Waals surface area (Å²) in [5.74, 6) is 1.29. The van der Waals surface area contributed by atoms with Gasteiger partial charge in [0.1, 0.15) is 10.8 Å². The number of halogens is 5. The van der Waals surface area contributed by atoms with Gasteiger partial charge in [-0.25, -0.2) is 23.3 Å². The summed E-state index contributed by atoms with van der Waals surface area (Å²) in [7, 11) is 1.77. The summed E-state index contributed by atoms with van der Waals surface area (Å²) in [5.41, 5.74) is 1.67. The minimum absolute atomic E-state index is 0.0818. The Kier molecular flexibility index (Phi) is 9.27. The second-order valence-corrected chi connectivity index (χ2v) is 10.4. The summed E-state index contributed by atoms with van der Waals surface area (Å²) in [4.78, 5) is 14.9. The molecule has 190 valence electrons. The summed E-state index contributed by atoms with van der Waals surface area (Å²) >= 11 is 13.3. The summed E-state index contributed by atoms with van der Waals surface area (Å²) in [6.07, 6.45) is 1.66. The smallest absolute Gasteiger partial charge is 0.255 e. The van der Waals surface area contributed by atoms with Crippen LogP contribution in [0.3, 0.4) is 0 Å². The van der Waals surface area contributed by atoms with Crippen LogP contribution in [0.2, 0.25) is 10.0 Å². The van der Waals surface area contributed by atoms with Gasteiger partial charge in [-0.15, -0.1) is 0 Å². The van der Waals surface area contributed by atoms with Crippen LogP contribution >= 0.6 is 35.1 Å². The van der Waals surface area contributed by atoms with Crippen molar-refractivity contribution < 1.29 is 18.0 Å². The number of alkyl halides is 2. The van der Waals surface area contributed by atoms with Gasteiger partial charge in [-0.3, -0.25) is 9.69 Å². The zero-order valence-electron chi connectivity index (χ0n) is 18.8. The quantitative estimate of drug-likeness (QED) is 0.228. The number of hydrazine groups is 1. The standard InChI is InChI=1S/C21H29Cl2F3N6OS/c1-28-12-17(30-27)34-32-8-6-31(7-9-32)20(2-4-21(25,26)5-3-20)13-29-19(33)18-15(23)10-14(22)11-16(18)24/h10-12,28,30H,2-9,13,27H2,1H3,(H,29,33)/b17-12+. The lowest BCUT2D eigenvalue weighted by Crippen LogP contribution is -2.62. The zero-order valence-corrected chi connectivity index (χ0v) is 21.1. The van der Waals surface area contributed by atoms with Crippen LogP contribution in [0.5, 0.6) is 0 Å². The third-order valence-corrected chi connectivity index (χ3v) is 7.85. The molecule has 3 rings (SSSR count). The van der Waals surface area contributed by atoms with Gasteiger partial charge in [0.05, 0.1) is 10.6 Å². The van der Waals surface area contributed by atoms with Crippen molar-refractivity contribution in [2.24, 2.45) is 5.84 Å². The molecule has 1 aliphatic carbocycles. The molecule has 1 aliphatic heterocycles. The van der Waals surface area contributed by atoms with E-state index < -0.39 is 23.2 Å². The highest BCUT2D eigenvalue weighted by Crippen LogP contribution is 2.42. The lowest BCUT2D eigenvalue weighted by atomic mass is 9.78. The second kappa shape index (κ2) is 11.6. The summed E-state index contributed by atoms with van der Waals surface area (Å²) in [6, 6.07) is 2.31. The van der Waals surface area contributed by atoms with Gasteiger partial charge in [0.25, 0.3) is 5.91 Å². The maximum atomic E-state index is 14.3. The Morgan fingerprint density at radius 1 is 1.18 bits per heavy atom. The lowest BCUT2D eigenvalue weighted by Gasteiger charge is -2.50. The topological polar surface area (TPSA) is 85.7 Å². The van der Waals surface area contributed by atoms with Crippen molar-refractivity contribution in [1.82, 2.24) is 25.3 Å². The predicted molar refractivity (Wildman–Crippen MR) is 130 cm³/mol. The average Bonchev–Trinajstić information content (AvgIpc) is 2.78. The minimum atomic E-state index is -2.73. The number of rotatable bonds is 8. The van der Waals surface area contributed by atoms with E-state index in [9.17, 15) is 18.0 Å². The monoisotopic (exact) mass is 540 g/mol. The number of carbonyl (C=O) groups excluding carboxylic acids is 1. The fourth-order valence-corrected chi connectivity index (χ4v) is 5.80. The van der Waals surface area contributed by atoms with Crippen LogP contribution in [0.25, 0.3) is 0 Å². The highest BCUT2D eigenvalue weighted by Gasteiger charge is 2.47. The first kappa shape index (κ1) is 27.2. The van der Waals surface area contributed by atoms with Crippen molar-refractivity contribution in [3.63, 3.8) is 0 Å². The first-order chi connectivity index (χ1) is 16.1. The maximum Gasteiger partial charge on any atom is 0.255 e. The predicted octanol–water partition coefficient (Wildman–Crippen LogP) is 3.56. The van der Waals surface area contributed by atoms with Crippen LogP contribution < -0.4 is 21.9 Å². The molecule has 34 heavy (non-hydrogen) atoms. The molecule has 0 radical (unpaired) electrons. The summed E-state index contributed by atoms with van der Waals surface area (Å²) in [5, 5.41) is 6.39. The third-order valence-electron chi connectivity index (χ3n) is 6.28. The Hall–Kier alpha value is -1.37. The van der Waals surface area contributed by atoms with Gasteiger partial charge in [-0.2, -0.15) is 0 Å². The molecule has 0 unspecified atom stereocenters. The fourth-order valence-electron chi connectivity index (χ4n) is 4.40. The molecule has 1 saturated heterocycles. The van der Waals surface area contributed by atoms with E-state index in [2.05, 4.69) is 25.3 Å². The van der Waals surface area contributed by atoms with Gasteiger partial charge < -0.3 is 16.1 Å². The van der Waals surface area contributed by atoms with Crippen LogP contribution in [0, 0.1) is 5.82 Å². The van der Waals surface area contributed by atoms with Crippen LogP contribution in [0.1, 0.15) is 36.0 Å². The van der Waals surface area contributed by atoms with Crippen molar-refractivity contribution in [2.45, 2.75) is 37.1 Å². The molecular weight excluding hydrogens is 512 g/mol. The highest BCUT2D eigenvalue weighted by atomic mass is 35.5. The number of amides is 1. The molecule has 1 amide bonds. The van der Waals surface area contributed by atoms with Crippen molar-refractivity contribution in [2.75, 3.05) is 39.8 Å². The van der Waals surface area contributed by atoms with Gasteiger partial charge in [-0.05, 0) is 36.9 Å². The van der Waals surface area contributed by atoms with Gasteiger partial charge in [0.2, 0.25) is 5.92 Å². The summed E-state index contributed by atoms with van der Waals surface area (Å²) < 4.78 is 44.5. The Labute approximate surface area is 211 Å². The van der Waals surface area contributed by atoms with E-state index >= 15 is 0 Å². The Bertz CT molecular complexity index is 881. The number of piperazine rings is 1. The number of hydrogen-bond acceptors (Lipinski definition) is 7. The number of nitrogens with two attached hydrogens (primary N) is 1. The number of benzene rings is 1. The van der Waals surface area contributed by atoms with Crippen molar-refractivity contribution in [3.05, 3.63) is 44.8 Å². The molecule has 1 aromatic rings. The normalized spacial score (nSPS) is 21.2. The molecular formula is C21H29Cl2F3N6OS. The van der Waals surface area contributed by atoms with Gasteiger partial charge in [-0.1, -0.05) is 23.2 Å². The summed E-state index contributed by atoms with van der Waals surface area (Å²) in [6.45, 7) is 2.72. The zero-order chi connectivity index (χ0) is 24.9. The Morgan fingerprint density at radius 2 is 1.82 bits per heavy atom. The van der Waals surface area contributed by atoms with Crippen molar-refractivity contribution in [3.8, 4) is 0 Å². The molecule has 0 aromatic heterocycles. The molecule has 2 fully saturated rings. The Morgan fingerprint density at radius 3 is 2.38 bits per heavy atom. The molecule has 7 nitrogen and oxygen atoms in total. The lowest BCUT2D eigenvalue weighted by molar-refractivity contribution is -0.0854. The van der Waals surface area contributed by atoms with Crippen LogP contribution in [-0.4, -0.2) is 66.3 Å². The largest absolute Gasteiger partial charge is 0.392 e. The highest BCUT2D eigenvalue weighted by molar-refractivity contribution is 8.00. The van der Waals surface area contributed by atoms with E-state index in [0.717, 1.165) is 11.1 Å². The molecule has 13 heteroatoms. The molecule has 1 heterocycles. The number of hydrogen-bond donors (Lipinski definition) is 4. The minimum Gasteiger partial charge on any atom is -0.392 e. The van der Waals surface area contributed by atoms with E-state index in [-0.39, 0.29) is 47.8 Å². The average molecular weight is 541 g/mol. The molecule has 0 atom stereocenters. The van der Waals surface area contributed by atoms with Crippen molar-refractivity contribution >= 4 is 41.1 Å². The maximum absolute atomic E-state index is 14.3. The van der Waals surface area contributed by atoms with Gasteiger partial charge in [0.15, 0.2) is 0 Å². The number of nitrogens with zero attached hydrogens (tertiary/aromatic N) is 2. The molecule has 0 spiro atoms. The third kappa shape index (κ3) is 6.64. The van der Waals surface area contributed by atoms with Crippen LogP contribution in [0.4, 0.5) is 13.2 Å². The second-order valence-electron chi connectivity index (χ2n) is 8.46. The van der Waals surface area contributed by atoms with E-state index in [0.29, 0.717) is 26.2 Å². The fraction of sp³-hybridized carbons (Fsp3) is 0.571. The molecule has 1 saturated carbocycles. The molecule has 2 aliphatic rings. The van der Waals surface area contributed by atoms with E-state index in [1.54, 1.807) is 13.2 Å². The van der Waals surface area contributed by atoms with E-state index in [1.165, 1.54) is 18.0 Å². The SMILES string of the molecule is CN/C=C(\NN)SN1CCN(C2(CNC(=O)c3c(F)cc(Cl)cc3Cl)CCC(F)(F)CC2)CC1. The first-order valence-corrected chi connectivity index (χ1v) is 12.4. The van der Waals surface area contributed by atoms with Crippen molar-refractivity contribution in [1.29, 1.82) is 0 Å². The van der Waals surface area contributed by atoms with Gasteiger partial charge in [0, 0.05) is 69.4 Å². The molecule has 0 bridgehead atoms. The van der Waals surface area contributed by atoms with E-state index in [1.807, 2.05) is 0 Å². The Balaban J connectivity index is 1.70. The molecule has 5 N–H and O–H groups in total. The first-order valence-electron chi connectivity index (χ1n) is 10.9. The number of nitrogens with one attached hydrogen (secondary N) is 3. The van der Waals surface area contributed by atoms with Crippen LogP contribution in [0.15, 0.2) is 23.4 Å². The molecule has 1 aromatic carbocycles. The number of carbonyl (C=O) groups is 1. The van der Waals surface area contributed by atoms with E-state index in [4.69, 9.17) is 29.0 Å².